The zero-order chi connectivity index (χ0) is 12.4. The van der Waals surface area contributed by atoms with Crippen LogP contribution < -0.4 is 20.1 Å². The Morgan fingerprint density at radius 2 is 2.00 bits per heavy atom. The third-order valence-corrected chi connectivity index (χ3v) is 3.57. The first-order chi connectivity index (χ1) is 8.75. The molecule has 2 N–H and O–H groups in total. The summed E-state index contributed by atoms with van der Waals surface area (Å²) in [4.78, 5) is 0. The molecule has 4 nitrogen and oxygen atoms in total. The highest BCUT2D eigenvalue weighted by Crippen LogP contribution is 2.31. The van der Waals surface area contributed by atoms with Gasteiger partial charge in [0, 0.05) is 25.2 Å². The maximum Gasteiger partial charge on any atom is 0.161 e. The van der Waals surface area contributed by atoms with Crippen LogP contribution in [0, 0.1) is 0 Å². The molecule has 1 atom stereocenters. The van der Waals surface area contributed by atoms with E-state index in [1.165, 1.54) is 5.56 Å². The highest BCUT2D eigenvalue weighted by Gasteiger charge is 2.26. The molecule has 1 saturated heterocycles. The maximum absolute atomic E-state index is 5.63. The summed E-state index contributed by atoms with van der Waals surface area (Å²) in [6.07, 6.45) is 0.997. The van der Waals surface area contributed by atoms with Gasteiger partial charge in [-0.05, 0) is 31.0 Å². The number of ether oxygens (including phenoxy) is 2. The predicted octanol–water partition coefficient (Wildman–Crippen LogP) is 0.952. The summed E-state index contributed by atoms with van der Waals surface area (Å²) in [6, 6.07) is 6.26. The summed E-state index contributed by atoms with van der Waals surface area (Å²) in [6.45, 7) is 6.64. The van der Waals surface area contributed by atoms with Gasteiger partial charge in [-0.1, -0.05) is 6.07 Å². The second kappa shape index (κ2) is 4.78. The zero-order valence-electron chi connectivity index (χ0n) is 10.8. The molecule has 0 bridgehead atoms. The Kier molecular flexibility index (Phi) is 3.14. The Morgan fingerprint density at radius 1 is 1.17 bits per heavy atom. The van der Waals surface area contributed by atoms with Gasteiger partial charge in [-0.15, -0.1) is 0 Å². The predicted molar refractivity (Wildman–Crippen MR) is 70.4 cm³/mol. The Hall–Kier alpha value is -1.26. The average Bonchev–Trinajstić information content (AvgIpc) is 2.39. The minimum atomic E-state index is 0.127. The molecule has 2 heterocycles. The van der Waals surface area contributed by atoms with E-state index >= 15 is 0 Å². The molecular formula is C14H20N2O2. The van der Waals surface area contributed by atoms with Crippen LogP contribution in [0.5, 0.6) is 11.5 Å². The van der Waals surface area contributed by atoms with Crippen LogP contribution in [0.25, 0.3) is 0 Å². The van der Waals surface area contributed by atoms with Crippen LogP contribution in [0.1, 0.15) is 12.5 Å². The third-order valence-electron chi connectivity index (χ3n) is 3.57. The SMILES string of the molecule is CC1(Cc2ccc3c(c2)OCCO3)CNCCN1. The molecule has 1 aromatic carbocycles. The molecular weight excluding hydrogens is 228 g/mol. The monoisotopic (exact) mass is 248 g/mol. The van der Waals surface area contributed by atoms with Gasteiger partial charge in [0.2, 0.25) is 0 Å². The molecule has 3 rings (SSSR count). The molecule has 0 aliphatic carbocycles. The molecule has 0 amide bonds. The van der Waals surface area contributed by atoms with Crippen molar-refractivity contribution in [1.82, 2.24) is 10.6 Å². The molecule has 0 aromatic heterocycles. The van der Waals surface area contributed by atoms with E-state index in [0.717, 1.165) is 37.6 Å². The first-order valence-electron chi connectivity index (χ1n) is 6.59. The summed E-state index contributed by atoms with van der Waals surface area (Å²) < 4.78 is 11.2. The van der Waals surface area contributed by atoms with Gasteiger partial charge in [0.05, 0.1) is 0 Å². The van der Waals surface area contributed by atoms with Crippen molar-refractivity contribution in [3.63, 3.8) is 0 Å². The Bertz CT molecular complexity index is 428. The van der Waals surface area contributed by atoms with E-state index in [9.17, 15) is 0 Å². The van der Waals surface area contributed by atoms with Crippen molar-refractivity contribution >= 4 is 0 Å². The van der Waals surface area contributed by atoms with Gasteiger partial charge in [0.15, 0.2) is 11.5 Å². The fourth-order valence-corrected chi connectivity index (χ4v) is 2.65. The smallest absolute Gasteiger partial charge is 0.161 e. The number of hydrogen-bond donors (Lipinski definition) is 2. The first kappa shape index (κ1) is 11.8. The summed E-state index contributed by atoms with van der Waals surface area (Å²) in [5, 5.41) is 7.03. The van der Waals surface area contributed by atoms with E-state index in [4.69, 9.17) is 9.47 Å². The zero-order valence-corrected chi connectivity index (χ0v) is 10.8. The highest BCUT2D eigenvalue weighted by molar-refractivity contribution is 5.44. The lowest BCUT2D eigenvalue weighted by Gasteiger charge is -2.36. The molecule has 4 heteroatoms. The summed E-state index contributed by atoms with van der Waals surface area (Å²) in [5.74, 6) is 1.75. The molecule has 1 aromatic rings. The van der Waals surface area contributed by atoms with Crippen LogP contribution in [-0.4, -0.2) is 38.4 Å². The van der Waals surface area contributed by atoms with Gasteiger partial charge in [0.1, 0.15) is 13.2 Å². The minimum absolute atomic E-state index is 0.127. The molecule has 2 aliphatic heterocycles. The quantitative estimate of drug-likeness (QED) is 0.818. The van der Waals surface area contributed by atoms with Crippen LogP contribution >= 0.6 is 0 Å². The number of fused-ring (bicyclic) bond motifs is 1. The lowest BCUT2D eigenvalue weighted by molar-refractivity contribution is 0.171. The second-order valence-corrected chi connectivity index (χ2v) is 5.32. The van der Waals surface area contributed by atoms with Gasteiger partial charge in [-0.2, -0.15) is 0 Å². The van der Waals surface area contributed by atoms with E-state index in [0.29, 0.717) is 13.2 Å². The average molecular weight is 248 g/mol. The normalized spacial score (nSPS) is 26.9. The molecule has 18 heavy (non-hydrogen) atoms. The van der Waals surface area contributed by atoms with Crippen molar-refractivity contribution in [2.45, 2.75) is 18.9 Å². The topological polar surface area (TPSA) is 42.5 Å². The molecule has 1 unspecified atom stereocenters. The van der Waals surface area contributed by atoms with Crippen molar-refractivity contribution in [1.29, 1.82) is 0 Å². The third kappa shape index (κ3) is 2.44. The second-order valence-electron chi connectivity index (χ2n) is 5.32. The van der Waals surface area contributed by atoms with Gasteiger partial charge < -0.3 is 20.1 Å². The van der Waals surface area contributed by atoms with E-state index in [1.54, 1.807) is 0 Å². The van der Waals surface area contributed by atoms with Crippen molar-refractivity contribution in [3.8, 4) is 11.5 Å². The lowest BCUT2D eigenvalue weighted by atomic mass is 9.91. The van der Waals surface area contributed by atoms with Crippen LogP contribution in [0.15, 0.2) is 18.2 Å². The van der Waals surface area contributed by atoms with Gasteiger partial charge in [-0.25, -0.2) is 0 Å². The minimum Gasteiger partial charge on any atom is -0.486 e. The van der Waals surface area contributed by atoms with Crippen LogP contribution in [0.4, 0.5) is 0 Å². The largest absolute Gasteiger partial charge is 0.486 e. The van der Waals surface area contributed by atoms with Gasteiger partial charge in [0.25, 0.3) is 0 Å². The van der Waals surface area contributed by atoms with Crippen molar-refractivity contribution in [2.24, 2.45) is 0 Å². The summed E-state index contributed by atoms with van der Waals surface area (Å²) >= 11 is 0. The van der Waals surface area contributed by atoms with Crippen LogP contribution in [0.3, 0.4) is 0 Å². The number of benzene rings is 1. The number of hydrogen-bond acceptors (Lipinski definition) is 4. The Morgan fingerprint density at radius 3 is 2.78 bits per heavy atom. The van der Waals surface area contributed by atoms with E-state index in [1.807, 2.05) is 6.07 Å². The van der Waals surface area contributed by atoms with E-state index < -0.39 is 0 Å². The number of piperazine rings is 1. The van der Waals surface area contributed by atoms with Gasteiger partial charge >= 0.3 is 0 Å². The molecule has 0 spiro atoms. The highest BCUT2D eigenvalue weighted by atomic mass is 16.6. The molecule has 98 valence electrons. The maximum atomic E-state index is 5.63. The molecule has 1 fully saturated rings. The lowest BCUT2D eigenvalue weighted by Crippen LogP contribution is -2.58. The fourth-order valence-electron chi connectivity index (χ4n) is 2.65. The van der Waals surface area contributed by atoms with Crippen LogP contribution in [0.2, 0.25) is 0 Å². The van der Waals surface area contributed by atoms with Crippen molar-refractivity contribution in [3.05, 3.63) is 23.8 Å². The summed E-state index contributed by atoms with van der Waals surface area (Å²) in [7, 11) is 0. The molecule has 0 saturated carbocycles. The number of nitrogens with one attached hydrogen (secondary N) is 2. The Labute approximate surface area is 108 Å². The van der Waals surface area contributed by atoms with Crippen molar-refractivity contribution in [2.75, 3.05) is 32.8 Å². The summed E-state index contributed by atoms with van der Waals surface area (Å²) in [5.41, 5.74) is 1.42. The first-order valence-corrected chi connectivity index (χ1v) is 6.59. The van der Waals surface area contributed by atoms with Gasteiger partial charge in [-0.3, -0.25) is 0 Å². The number of rotatable bonds is 2. The standard InChI is InChI=1S/C14H20N2O2/c1-14(10-15-4-5-16-14)9-11-2-3-12-13(8-11)18-7-6-17-12/h2-3,8,15-16H,4-7,9-10H2,1H3. The van der Waals surface area contributed by atoms with E-state index in [-0.39, 0.29) is 5.54 Å². The van der Waals surface area contributed by atoms with E-state index in [2.05, 4.69) is 29.7 Å². The molecule has 0 radical (unpaired) electrons. The van der Waals surface area contributed by atoms with Crippen LogP contribution in [-0.2, 0) is 6.42 Å². The van der Waals surface area contributed by atoms with Crippen molar-refractivity contribution < 1.29 is 9.47 Å². The molecule has 2 aliphatic rings. The Balaban J connectivity index is 1.76. The fraction of sp³-hybridized carbons (Fsp3) is 0.571.